The van der Waals surface area contributed by atoms with Gasteiger partial charge in [0.15, 0.2) is 0 Å². The highest BCUT2D eigenvalue weighted by Gasteiger charge is 2.12. The summed E-state index contributed by atoms with van der Waals surface area (Å²) in [5, 5.41) is 2.66. The summed E-state index contributed by atoms with van der Waals surface area (Å²) in [6.45, 7) is 4.97. The van der Waals surface area contributed by atoms with Crippen molar-refractivity contribution in [2.45, 2.75) is 20.4 Å². The molecule has 5 nitrogen and oxygen atoms in total. The number of hydrogen-bond acceptors (Lipinski definition) is 3. The largest absolute Gasteiger partial charge is 0.494 e. The van der Waals surface area contributed by atoms with Crippen LogP contribution in [0.5, 0.6) is 5.75 Å². The van der Waals surface area contributed by atoms with E-state index in [-0.39, 0.29) is 18.4 Å². The number of nitrogens with one attached hydrogen (secondary N) is 1. The van der Waals surface area contributed by atoms with E-state index in [1.54, 1.807) is 24.1 Å². The first-order valence-corrected chi connectivity index (χ1v) is 8.30. The standard InChI is InChI=1S/C20H24N2O3/c1-4-25-18-11-7-16(8-12-18)14-22(3)19(23)13-21-20(24)17-9-5-15(2)6-10-17/h5-12H,4,13-14H2,1-3H3,(H,21,24). The van der Waals surface area contributed by atoms with Crippen molar-refractivity contribution < 1.29 is 14.3 Å². The predicted molar refractivity (Wildman–Crippen MR) is 97.6 cm³/mol. The third-order valence-electron chi connectivity index (χ3n) is 3.79. The zero-order valence-corrected chi connectivity index (χ0v) is 14.9. The lowest BCUT2D eigenvalue weighted by molar-refractivity contribution is -0.129. The van der Waals surface area contributed by atoms with Crippen molar-refractivity contribution in [3.8, 4) is 5.75 Å². The van der Waals surface area contributed by atoms with Gasteiger partial charge in [0, 0.05) is 19.2 Å². The van der Waals surface area contributed by atoms with Crippen molar-refractivity contribution in [2.75, 3.05) is 20.2 Å². The van der Waals surface area contributed by atoms with Crippen molar-refractivity contribution in [1.29, 1.82) is 0 Å². The van der Waals surface area contributed by atoms with Crippen LogP contribution in [0, 0.1) is 6.92 Å². The normalized spacial score (nSPS) is 10.2. The molecule has 0 spiro atoms. The molecule has 0 heterocycles. The summed E-state index contributed by atoms with van der Waals surface area (Å²) < 4.78 is 5.40. The van der Waals surface area contributed by atoms with E-state index in [4.69, 9.17) is 4.74 Å². The van der Waals surface area contributed by atoms with Crippen LogP contribution < -0.4 is 10.1 Å². The third-order valence-corrected chi connectivity index (χ3v) is 3.79. The molecule has 0 unspecified atom stereocenters. The summed E-state index contributed by atoms with van der Waals surface area (Å²) >= 11 is 0. The molecular formula is C20H24N2O3. The number of benzene rings is 2. The summed E-state index contributed by atoms with van der Waals surface area (Å²) in [6.07, 6.45) is 0. The van der Waals surface area contributed by atoms with E-state index in [9.17, 15) is 9.59 Å². The first-order valence-electron chi connectivity index (χ1n) is 8.30. The van der Waals surface area contributed by atoms with Gasteiger partial charge in [0.1, 0.15) is 5.75 Å². The number of carbonyl (C=O) groups excluding carboxylic acids is 2. The molecular weight excluding hydrogens is 316 g/mol. The van der Waals surface area contributed by atoms with Crippen molar-refractivity contribution in [2.24, 2.45) is 0 Å². The Morgan fingerprint density at radius 1 is 1.04 bits per heavy atom. The van der Waals surface area contributed by atoms with E-state index in [1.807, 2.05) is 50.2 Å². The van der Waals surface area contributed by atoms with E-state index in [1.165, 1.54) is 0 Å². The van der Waals surface area contributed by atoms with Gasteiger partial charge in [0.2, 0.25) is 5.91 Å². The lowest BCUT2D eigenvalue weighted by Crippen LogP contribution is -2.37. The molecule has 0 atom stereocenters. The Morgan fingerprint density at radius 2 is 1.68 bits per heavy atom. The molecule has 1 N–H and O–H groups in total. The molecule has 2 rings (SSSR count). The Balaban J connectivity index is 1.83. The quantitative estimate of drug-likeness (QED) is 0.843. The fourth-order valence-corrected chi connectivity index (χ4v) is 2.32. The minimum atomic E-state index is -0.247. The van der Waals surface area contributed by atoms with Crippen LogP contribution in [0.25, 0.3) is 0 Å². The molecule has 0 aliphatic rings. The second kappa shape index (κ2) is 8.87. The number of ether oxygens (including phenoxy) is 1. The van der Waals surface area contributed by atoms with E-state index in [0.29, 0.717) is 18.7 Å². The van der Waals surface area contributed by atoms with Crippen LogP contribution in [0.15, 0.2) is 48.5 Å². The summed E-state index contributed by atoms with van der Waals surface area (Å²) in [5.41, 5.74) is 2.64. The van der Waals surface area contributed by atoms with Gasteiger partial charge in [-0.1, -0.05) is 29.8 Å². The number of carbonyl (C=O) groups is 2. The van der Waals surface area contributed by atoms with Crippen LogP contribution >= 0.6 is 0 Å². The molecule has 5 heteroatoms. The molecule has 2 aromatic rings. The molecule has 25 heavy (non-hydrogen) atoms. The average molecular weight is 340 g/mol. The fourth-order valence-electron chi connectivity index (χ4n) is 2.32. The van der Waals surface area contributed by atoms with Crippen molar-refractivity contribution in [3.63, 3.8) is 0 Å². The fraction of sp³-hybridized carbons (Fsp3) is 0.300. The molecule has 0 aromatic heterocycles. The highest BCUT2D eigenvalue weighted by molar-refractivity contribution is 5.96. The van der Waals surface area contributed by atoms with E-state index in [0.717, 1.165) is 16.9 Å². The Morgan fingerprint density at radius 3 is 2.28 bits per heavy atom. The molecule has 2 aromatic carbocycles. The van der Waals surface area contributed by atoms with Gasteiger partial charge in [-0.25, -0.2) is 0 Å². The molecule has 2 amide bonds. The van der Waals surface area contributed by atoms with Gasteiger partial charge in [-0.15, -0.1) is 0 Å². The molecule has 0 radical (unpaired) electrons. The lowest BCUT2D eigenvalue weighted by Gasteiger charge is -2.18. The second-order valence-electron chi connectivity index (χ2n) is 5.88. The Bertz CT molecular complexity index is 709. The zero-order valence-electron chi connectivity index (χ0n) is 14.9. The van der Waals surface area contributed by atoms with Crippen LogP contribution in [0.4, 0.5) is 0 Å². The van der Waals surface area contributed by atoms with Crippen LogP contribution in [0.2, 0.25) is 0 Å². The first-order chi connectivity index (χ1) is 12.0. The molecule has 132 valence electrons. The number of likely N-dealkylation sites (N-methyl/N-ethyl adjacent to an activating group) is 1. The summed E-state index contributed by atoms with van der Waals surface area (Å²) in [4.78, 5) is 25.8. The van der Waals surface area contributed by atoms with Crippen LogP contribution in [-0.2, 0) is 11.3 Å². The van der Waals surface area contributed by atoms with E-state index < -0.39 is 0 Å². The number of rotatable bonds is 7. The highest BCUT2D eigenvalue weighted by Crippen LogP contribution is 2.13. The maximum atomic E-state index is 12.2. The maximum absolute atomic E-state index is 12.2. The summed E-state index contributed by atoms with van der Waals surface area (Å²) in [6, 6.07) is 14.9. The molecule has 0 saturated carbocycles. The van der Waals surface area contributed by atoms with Gasteiger partial charge in [-0.2, -0.15) is 0 Å². The van der Waals surface area contributed by atoms with Crippen LogP contribution in [0.3, 0.4) is 0 Å². The summed E-state index contributed by atoms with van der Waals surface area (Å²) in [5.74, 6) is 0.419. The van der Waals surface area contributed by atoms with Crippen molar-refractivity contribution in [3.05, 3.63) is 65.2 Å². The van der Waals surface area contributed by atoms with Gasteiger partial charge in [-0.05, 0) is 43.7 Å². The van der Waals surface area contributed by atoms with Gasteiger partial charge in [-0.3, -0.25) is 9.59 Å². The molecule has 0 aliphatic carbocycles. The van der Waals surface area contributed by atoms with E-state index >= 15 is 0 Å². The second-order valence-corrected chi connectivity index (χ2v) is 5.88. The van der Waals surface area contributed by atoms with Gasteiger partial charge in [0.05, 0.1) is 13.2 Å². The monoisotopic (exact) mass is 340 g/mol. The molecule has 0 saturated heterocycles. The third kappa shape index (κ3) is 5.64. The number of nitrogens with zero attached hydrogens (tertiary/aromatic N) is 1. The Hall–Kier alpha value is -2.82. The number of amides is 2. The van der Waals surface area contributed by atoms with Gasteiger partial charge < -0.3 is 15.0 Å². The number of hydrogen-bond donors (Lipinski definition) is 1. The van der Waals surface area contributed by atoms with Crippen LogP contribution in [0.1, 0.15) is 28.4 Å². The summed E-state index contributed by atoms with van der Waals surface area (Å²) in [7, 11) is 1.72. The van der Waals surface area contributed by atoms with E-state index in [2.05, 4.69) is 5.32 Å². The van der Waals surface area contributed by atoms with Gasteiger partial charge >= 0.3 is 0 Å². The maximum Gasteiger partial charge on any atom is 0.251 e. The highest BCUT2D eigenvalue weighted by atomic mass is 16.5. The smallest absolute Gasteiger partial charge is 0.251 e. The molecule has 0 aliphatic heterocycles. The minimum absolute atomic E-state index is 0.0275. The topological polar surface area (TPSA) is 58.6 Å². The molecule has 0 fully saturated rings. The van der Waals surface area contributed by atoms with Crippen molar-refractivity contribution >= 4 is 11.8 Å². The van der Waals surface area contributed by atoms with Crippen LogP contribution in [-0.4, -0.2) is 36.9 Å². The van der Waals surface area contributed by atoms with Gasteiger partial charge in [0.25, 0.3) is 5.91 Å². The SMILES string of the molecule is CCOc1ccc(CN(C)C(=O)CNC(=O)c2ccc(C)cc2)cc1. The average Bonchev–Trinajstić information content (AvgIpc) is 2.61. The molecule has 0 bridgehead atoms. The predicted octanol–water partition coefficient (Wildman–Crippen LogP) is 2.78. The van der Waals surface area contributed by atoms with Crippen molar-refractivity contribution in [1.82, 2.24) is 10.2 Å². The Labute approximate surface area is 148 Å². The lowest BCUT2D eigenvalue weighted by atomic mass is 10.1. The minimum Gasteiger partial charge on any atom is -0.494 e. The first kappa shape index (κ1) is 18.5. The Kier molecular flexibility index (Phi) is 6.57. The number of aryl methyl sites for hydroxylation is 1. The zero-order chi connectivity index (χ0) is 18.2.